The number of quaternary nitrogens is 1. The van der Waals surface area contributed by atoms with E-state index in [9.17, 15) is 8.42 Å². The summed E-state index contributed by atoms with van der Waals surface area (Å²) in [4.78, 5) is 0.430. The average molecular weight is 487 g/mol. The van der Waals surface area contributed by atoms with Crippen LogP contribution in [0.1, 0.15) is 102 Å². The molecule has 2 N–H and O–H groups in total. The number of halogens is 1. The van der Waals surface area contributed by atoms with Crippen LogP contribution in [0, 0.1) is 6.92 Å². The second-order valence-corrected chi connectivity index (χ2v) is 11.4. The molecule has 1 saturated heterocycles. The molecule has 1 atom stereocenters. The predicted octanol–water partition coefficient (Wildman–Crippen LogP) is 2.42. The van der Waals surface area contributed by atoms with Crippen LogP contribution in [0.2, 0.25) is 0 Å². The molecule has 4 nitrogen and oxygen atoms in total. The molecule has 0 saturated carbocycles. The number of hydrogen-bond acceptors (Lipinski definition) is 2. The Kier molecular flexibility index (Phi) is 15.5. The Morgan fingerprint density at radius 3 is 1.88 bits per heavy atom. The van der Waals surface area contributed by atoms with E-state index in [0.717, 1.165) is 18.5 Å². The molecule has 0 aromatic heterocycles. The largest absolute Gasteiger partial charge is 1.00 e. The fourth-order valence-corrected chi connectivity index (χ4v) is 6.10. The van der Waals surface area contributed by atoms with Crippen LogP contribution >= 0.6 is 0 Å². The van der Waals surface area contributed by atoms with Crippen LogP contribution in [0.3, 0.4) is 0 Å². The highest BCUT2D eigenvalue weighted by molar-refractivity contribution is 7.89. The van der Waals surface area contributed by atoms with Crippen molar-refractivity contribution in [3.63, 3.8) is 0 Å². The van der Waals surface area contributed by atoms with E-state index in [1.807, 2.05) is 19.1 Å². The van der Waals surface area contributed by atoms with Crippen molar-refractivity contribution in [1.82, 2.24) is 4.31 Å². The van der Waals surface area contributed by atoms with Gasteiger partial charge in [0, 0.05) is 6.42 Å². The smallest absolute Gasteiger partial charge is 0.243 e. The summed E-state index contributed by atoms with van der Waals surface area (Å²) in [7, 11) is -3.36. The minimum Gasteiger partial charge on any atom is -1.00 e. The third-order valence-electron chi connectivity index (χ3n) is 6.65. The summed E-state index contributed by atoms with van der Waals surface area (Å²) in [5.41, 5.74) is 1.09. The maximum Gasteiger partial charge on any atom is 0.243 e. The fraction of sp³-hybridized carbons (Fsp3) is 0.769. The minimum atomic E-state index is -3.36. The Hall–Kier alpha value is -0.620. The van der Waals surface area contributed by atoms with Crippen molar-refractivity contribution < 1.29 is 26.1 Å². The lowest BCUT2D eigenvalue weighted by Crippen LogP contribution is -3.00. The first-order valence-electron chi connectivity index (χ1n) is 12.9. The third kappa shape index (κ3) is 11.0. The van der Waals surface area contributed by atoms with E-state index in [0.29, 0.717) is 24.0 Å². The highest BCUT2D eigenvalue weighted by Crippen LogP contribution is 2.18. The summed E-state index contributed by atoms with van der Waals surface area (Å²) in [6.07, 6.45) is 18.9. The maximum atomic E-state index is 12.9. The number of unbranched alkanes of at least 4 members (excludes halogenated alkanes) is 12. The second-order valence-electron chi connectivity index (χ2n) is 9.49. The van der Waals surface area contributed by atoms with Crippen molar-refractivity contribution in [3.8, 4) is 0 Å². The first-order valence-corrected chi connectivity index (χ1v) is 14.4. The molecule has 0 bridgehead atoms. The van der Waals surface area contributed by atoms with Gasteiger partial charge in [0.05, 0.1) is 30.6 Å². The normalized spacial score (nSPS) is 17.2. The summed E-state index contributed by atoms with van der Waals surface area (Å²) < 4.78 is 27.6. The van der Waals surface area contributed by atoms with Crippen LogP contribution in [0.15, 0.2) is 29.2 Å². The Balaban J connectivity index is 0.00000512. The summed E-state index contributed by atoms with van der Waals surface area (Å²) >= 11 is 0. The van der Waals surface area contributed by atoms with Gasteiger partial charge in [-0.1, -0.05) is 102 Å². The van der Waals surface area contributed by atoms with Crippen molar-refractivity contribution in [2.45, 2.75) is 115 Å². The van der Waals surface area contributed by atoms with Crippen molar-refractivity contribution in [2.75, 3.05) is 19.6 Å². The first-order chi connectivity index (χ1) is 15.0. The highest BCUT2D eigenvalue weighted by Gasteiger charge is 2.31. The van der Waals surface area contributed by atoms with Crippen molar-refractivity contribution in [3.05, 3.63) is 29.8 Å². The van der Waals surface area contributed by atoms with Crippen LogP contribution in [-0.2, 0) is 10.0 Å². The molecular weight excluding hydrogens is 440 g/mol. The van der Waals surface area contributed by atoms with Crippen LogP contribution < -0.4 is 17.7 Å². The van der Waals surface area contributed by atoms with Crippen molar-refractivity contribution >= 4 is 10.0 Å². The molecule has 1 aliphatic rings. The summed E-state index contributed by atoms with van der Waals surface area (Å²) in [6, 6.07) is 7.65. The highest BCUT2D eigenvalue weighted by atomic mass is 35.5. The van der Waals surface area contributed by atoms with Gasteiger partial charge < -0.3 is 17.7 Å². The van der Waals surface area contributed by atoms with Gasteiger partial charge in [-0.2, -0.15) is 4.31 Å². The summed E-state index contributed by atoms with van der Waals surface area (Å²) in [5.74, 6) is 0. The molecule has 1 aromatic rings. The van der Waals surface area contributed by atoms with Crippen LogP contribution in [-0.4, -0.2) is 38.4 Å². The monoisotopic (exact) mass is 486 g/mol. The Morgan fingerprint density at radius 2 is 1.34 bits per heavy atom. The molecule has 2 rings (SSSR count). The molecule has 1 unspecified atom stereocenters. The topological polar surface area (TPSA) is 54.0 Å². The number of sulfonamides is 1. The Morgan fingerprint density at radius 1 is 0.844 bits per heavy atom. The van der Waals surface area contributed by atoms with Gasteiger partial charge >= 0.3 is 0 Å². The number of nitrogens with two attached hydrogens (primary N) is 1. The average Bonchev–Trinajstić information content (AvgIpc) is 2.77. The van der Waals surface area contributed by atoms with E-state index in [1.165, 1.54) is 83.5 Å². The molecule has 186 valence electrons. The van der Waals surface area contributed by atoms with Crippen molar-refractivity contribution in [1.29, 1.82) is 0 Å². The standard InChI is InChI=1S/C26H46N2O2S.ClH/c1-3-4-5-6-7-8-9-10-11-12-13-14-15-16-25-23-28(22-21-27-25)31(29,30)26-19-17-24(2)18-20-26;/h17-20,25,27H,3-16,21-23H2,1-2H3;1H. The molecule has 32 heavy (non-hydrogen) atoms. The van der Waals surface area contributed by atoms with Gasteiger partial charge in [0.15, 0.2) is 0 Å². The fourth-order valence-electron chi connectivity index (χ4n) is 4.59. The number of benzene rings is 1. The van der Waals surface area contributed by atoms with E-state index >= 15 is 0 Å². The number of hydrogen-bond donors (Lipinski definition) is 1. The Labute approximate surface area is 204 Å². The number of nitrogens with zero attached hydrogens (tertiary/aromatic N) is 1. The zero-order valence-corrected chi connectivity index (χ0v) is 22.1. The minimum absolute atomic E-state index is 0. The Bertz CT molecular complexity index is 694. The molecular formula is C26H47ClN2O2S. The number of piperazine rings is 1. The van der Waals surface area contributed by atoms with E-state index in [4.69, 9.17) is 0 Å². The van der Waals surface area contributed by atoms with Gasteiger partial charge in [-0.05, 0) is 25.5 Å². The summed E-state index contributed by atoms with van der Waals surface area (Å²) in [5, 5.41) is 2.35. The third-order valence-corrected chi connectivity index (χ3v) is 8.53. The van der Waals surface area contributed by atoms with Crippen molar-refractivity contribution in [2.24, 2.45) is 0 Å². The van der Waals surface area contributed by atoms with Gasteiger partial charge in [0.1, 0.15) is 0 Å². The lowest BCUT2D eigenvalue weighted by atomic mass is 10.0. The summed E-state index contributed by atoms with van der Waals surface area (Å²) in [6.45, 7) is 6.39. The molecule has 0 spiro atoms. The van der Waals surface area contributed by atoms with Crippen LogP contribution in [0.25, 0.3) is 0 Å². The molecule has 6 heteroatoms. The SMILES string of the molecule is CCCCCCCCCCCCCCCC1CN(S(=O)(=O)c2ccc(C)cc2)CC[NH2+]1.[Cl-]. The van der Waals surface area contributed by atoms with Crippen LogP contribution in [0.5, 0.6) is 0 Å². The molecule has 1 aliphatic heterocycles. The second kappa shape index (κ2) is 16.9. The lowest BCUT2D eigenvalue weighted by Gasteiger charge is -2.30. The van der Waals surface area contributed by atoms with E-state index in [1.54, 1.807) is 16.4 Å². The molecule has 1 heterocycles. The van der Waals surface area contributed by atoms with Gasteiger partial charge in [-0.3, -0.25) is 0 Å². The van der Waals surface area contributed by atoms with E-state index in [2.05, 4.69) is 12.2 Å². The van der Waals surface area contributed by atoms with E-state index in [-0.39, 0.29) is 12.4 Å². The van der Waals surface area contributed by atoms with Gasteiger partial charge in [0.25, 0.3) is 0 Å². The number of rotatable bonds is 16. The van der Waals surface area contributed by atoms with Gasteiger partial charge in [0.2, 0.25) is 10.0 Å². The van der Waals surface area contributed by atoms with Crippen LogP contribution in [0.4, 0.5) is 0 Å². The molecule has 0 aliphatic carbocycles. The molecule has 1 aromatic carbocycles. The molecule has 1 fully saturated rings. The predicted molar refractivity (Wildman–Crippen MR) is 131 cm³/mol. The van der Waals surface area contributed by atoms with Gasteiger partial charge in [-0.25, -0.2) is 8.42 Å². The zero-order chi connectivity index (χ0) is 22.4. The zero-order valence-electron chi connectivity index (χ0n) is 20.5. The lowest BCUT2D eigenvalue weighted by molar-refractivity contribution is -0.696. The first kappa shape index (κ1) is 29.4. The van der Waals surface area contributed by atoms with E-state index < -0.39 is 10.0 Å². The molecule has 0 radical (unpaired) electrons. The quantitative estimate of drug-likeness (QED) is 0.365. The number of aryl methyl sites for hydroxylation is 1. The van der Waals surface area contributed by atoms with Gasteiger partial charge in [-0.15, -0.1) is 0 Å². The molecule has 0 amide bonds. The maximum absolute atomic E-state index is 12.9.